The summed E-state index contributed by atoms with van der Waals surface area (Å²) in [4.78, 5) is 9.02. The molecule has 26 heavy (non-hydrogen) atoms. The summed E-state index contributed by atoms with van der Waals surface area (Å²) in [6, 6.07) is 5.99. The van der Waals surface area contributed by atoms with Crippen LogP contribution in [0, 0.1) is 0 Å². The standard InChI is InChI=1S/C18H27N7.HI/c1-2-19-18(21-12-10-15-8-5-6-11-20-15)22-14-17-24-23-16-9-4-3-7-13-25(16)17;/h5-6,8,11H,2-4,7,9-10,12-14H2,1H3,(H2,19,21,22);1H. The van der Waals surface area contributed by atoms with Crippen molar-refractivity contribution in [3.63, 3.8) is 0 Å². The van der Waals surface area contributed by atoms with Gasteiger partial charge in [0.15, 0.2) is 11.8 Å². The third-order valence-corrected chi connectivity index (χ3v) is 4.31. The summed E-state index contributed by atoms with van der Waals surface area (Å²) in [5.41, 5.74) is 1.08. The topological polar surface area (TPSA) is 80.0 Å². The highest BCUT2D eigenvalue weighted by Crippen LogP contribution is 2.14. The van der Waals surface area contributed by atoms with E-state index in [2.05, 4.69) is 42.3 Å². The van der Waals surface area contributed by atoms with Gasteiger partial charge in [0, 0.05) is 44.4 Å². The van der Waals surface area contributed by atoms with Crippen molar-refractivity contribution in [1.29, 1.82) is 0 Å². The van der Waals surface area contributed by atoms with Crippen LogP contribution in [-0.4, -0.2) is 38.8 Å². The maximum Gasteiger partial charge on any atom is 0.191 e. The SMILES string of the molecule is CCNC(=NCc1nnc2n1CCCCC2)NCCc1ccccn1.I. The van der Waals surface area contributed by atoms with Crippen LogP contribution in [0.4, 0.5) is 0 Å². The van der Waals surface area contributed by atoms with E-state index in [1.54, 1.807) is 0 Å². The van der Waals surface area contributed by atoms with Crippen molar-refractivity contribution in [2.75, 3.05) is 13.1 Å². The molecule has 0 atom stereocenters. The Morgan fingerprint density at radius 3 is 2.92 bits per heavy atom. The molecule has 1 aliphatic heterocycles. The third-order valence-electron chi connectivity index (χ3n) is 4.31. The van der Waals surface area contributed by atoms with Gasteiger partial charge in [0.05, 0.1) is 0 Å². The van der Waals surface area contributed by atoms with Crippen LogP contribution in [0.2, 0.25) is 0 Å². The minimum atomic E-state index is 0. The van der Waals surface area contributed by atoms with E-state index in [0.29, 0.717) is 6.54 Å². The number of hydrogen-bond acceptors (Lipinski definition) is 4. The van der Waals surface area contributed by atoms with Crippen LogP contribution in [0.5, 0.6) is 0 Å². The van der Waals surface area contributed by atoms with Crippen LogP contribution >= 0.6 is 24.0 Å². The highest BCUT2D eigenvalue weighted by molar-refractivity contribution is 14.0. The third kappa shape index (κ3) is 5.93. The van der Waals surface area contributed by atoms with Crippen molar-refractivity contribution in [3.8, 4) is 0 Å². The molecular formula is C18H28IN7. The van der Waals surface area contributed by atoms with Crippen molar-refractivity contribution in [2.45, 2.75) is 52.1 Å². The fourth-order valence-electron chi connectivity index (χ4n) is 3.01. The van der Waals surface area contributed by atoms with Gasteiger partial charge in [-0.05, 0) is 31.9 Å². The monoisotopic (exact) mass is 469 g/mol. The molecule has 2 aromatic heterocycles. The summed E-state index contributed by atoms with van der Waals surface area (Å²) in [5.74, 6) is 2.87. The molecule has 0 amide bonds. The molecule has 0 radical (unpaired) electrons. The Labute approximate surface area is 172 Å². The van der Waals surface area contributed by atoms with Gasteiger partial charge in [-0.25, -0.2) is 4.99 Å². The van der Waals surface area contributed by atoms with Gasteiger partial charge in [-0.3, -0.25) is 4.98 Å². The van der Waals surface area contributed by atoms with Crippen LogP contribution < -0.4 is 10.6 Å². The number of nitrogens with one attached hydrogen (secondary N) is 2. The van der Waals surface area contributed by atoms with Crippen molar-refractivity contribution in [2.24, 2.45) is 4.99 Å². The molecule has 2 N–H and O–H groups in total. The summed E-state index contributed by atoms with van der Waals surface area (Å²) in [7, 11) is 0. The number of aliphatic imine (C=N–C) groups is 1. The van der Waals surface area contributed by atoms with Gasteiger partial charge in [-0.1, -0.05) is 12.5 Å². The molecule has 0 spiro atoms. The van der Waals surface area contributed by atoms with Gasteiger partial charge in [-0.15, -0.1) is 34.2 Å². The Hall–Kier alpha value is -1.71. The Kier molecular flexibility index (Phi) is 8.79. The van der Waals surface area contributed by atoms with Crippen LogP contribution in [0.15, 0.2) is 29.4 Å². The van der Waals surface area contributed by atoms with E-state index in [1.807, 2.05) is 24.4 Å². The number of aromatic nitrogens is 4. The van der Waals surface area contributed by atoms with Gasteiger partial charge in [0.25, 0.3) is 0 Å². The maximum absolute atomic E-state index is 4.68. The Balaban J connectivity index is 0.00000243. The zero-order chi connectivity index (χ0) is 17.3. The molecule has 0 bridgehead atoms. The fraction of sp³-hybridized carbons (Fsp3) is 0.556. The molecular weight excluding hydrogens is 441 g/mol. The molecule has 0 aromatic carbocycles. The van der Waals surface area contributed by atoms with E-state index < -0.39 is 0 Å². The molecule has 0 saturated carbocycles. The quantitative estimate of drug-likeness (QED) is 0.386. The normalized spacial score (nSPS) is 14.1. The molecule has 3 rings (SSSR count). The Morgan fingerprint density at radius 2 is 2.12 bits per heavy atom. The first-order chi connectivity index (χ1) is 12.4. The highest BCUT2D eigenvalue weighted by atomic mass is 127. The Morgan fingerprint density at radius 1 is 1.19 bits per heavy atom. The maximum atomic E-state index is 4.68. The predicted octanol–water partition coefficient (Wildman–Crippen LogP) is 2.32. The second kappa shape index (κ2) is 11.1. The van der Waals surface area contributed by atoms with Gasteiger partial charge < -0.3 is 15.2 Å². The molecule has 0 aliphatic carbocycles. The van der Waals surface area contributed by atoms with E-state index in [-0.39, 0.29) is 24.0 Å². The molecule has 8 heteroatoms. The van der Waals surface area contributed by atoms with E-state index in [0.717, 1.165) is 55.8 Å². The average Bonchev–Trinajstić information content (AvgIpc) is 2.87. The van der Waals surface area contributed by atoms with Crippen LogP contribution in [0.3, 0.4) is 0 Å². The van der Waals surface area contributed by atoms with Crippen molar-refractivity contribution in [3.05, 3.63) is 41.7 Å². The van der Waals surface area contributed by atoms with Crippen molar-refractivity contribution < 1.29 is 0 Å². The minimum Gasteiger partial charge on any atom is -0.357 e. The summed E-state index contributed by atoms with van der Waals surface area (Å²) in [5, 5.41) is 15.3. The van der Waals surface area contributed by atoms with Crippen LogP contribution in [0.25, 0.3) is 0 Å². The first kappa shape index (κ1) is 20.6. The molecule has 0 fully saturated rings. The lowest BCUT2D eigenvalue weighted by Crippen LogP contribution is -2.38. The lowest BCUT2D eigenvalue weighted by atomic mass is 10.2. The zero-order valence-electron chi connectivity index (χ0n) is 15.3. The second-order valence-corrected chi connectivity index (χ2v) is 6.19. The first-order valence-corrected chi connectivity index (χ1v) is 9.20. The molecule has 2 aromatic rings. The zero-order valence-corrected chi connectivity index (χ0v) is 17.6. The fourth-order valence-corrected chi connectivity index (χ4v) is 3.01. The van der Waals surface area contributed by atoms with E-state index in [9.17, 15) is 0 Å². The first-order valence-electron chi connectivity index (χ1n) is 9.20. The minimum absolute atomic E-state index is 0. The molecule has 7 nitrogen and oxygen atoms in total. The molecule has 1 aliphatic rings. The largest absolute Gasteiger partial charge is 0.357 e. The lowest BCUT2D eigenvalue weighted by Gasteiger charge is -2.11. The van der Waals surface area contributed by atoms with E-state index in [1.165, 1.54) is 19.3 Å². The van der Waals surface area contributed by atoms with Crippen LogP contribution in [-0.2, 0) is 25.9 Å². The van der Waals surface area contributed by atoms with Gasteiger partial charge >= 0.3 is 0 Å². The summed E-state index contributed by atoms with van der Waals surface area (Å²) >= 11 is 0. The summed E-state index contributed by atoms with van der Waals surface area (Å²) in [6.45, 7) is 5.25. The molecule has 142 valence electrons. The average molecular weight is 469 g/mol. The van der Waals surface area contributed by atoms with E-state index in [4.69, 9.17) is 0 Å². The number of halogens is 1. The number of aryl methyl sites for hydroxylation is 1. The highest BCUT2D eigenvalue weighted by Gasteiger charge is 2.14. The second-order valence-electron chi connectivity index (χ2n) is 6.19. The van der Waals surface area contributed by atoms with Crippen LogP contribution in [0.1, 0.15) is 43.5 Å². The molecule has 3 heterocycles. The Bertz CT molecular complexity index is 684. The summed E-state index contributed by atoms with van der Waals surface area (Å²) in [6.07, 6.45) is 7.39. The van der Waals surface area contributed by atoms with Gasteiger partial charge in [0.1, 0.15) is 12.4 Å². The number of hydrogen-bond donors (Lipinski definition) is 2. The number of nitrogens with zero attached hydrogens (tertiary/aromatic N) is 5. The molecule has 0 saturated heterocycles. The van der Waals surface area contributed by atoms with Crippen molar-refractivity contribution in [1.82, 2.24) is 30.4 Å². The van der Waals surface area contributed by atoms with Crippen molar-refractivity contribution >= 4 is 29.9 Å². The molecule has 0 unspecified atom stereocenters. The lowest BCUT2D eigenvalue weighted by molar-refractivity contribution is 0.605. The predicted molar refractivity (Wildman–Crippen MR) is 114 cm³/mol. The number of fused-ring (bicyclic) bond motifs is 1. The smallest absolute Gasteiger partial charge is 0.191 e. The number of pyridine rings is 1. The summed E-state index contributed by atoms with van der Waals surface area (Å²) < 4.78 is 2.24. The van der Waals surface area contributed by atoms with Gasteiger partial charge in [0.2, 0.25) is 0 Å². The van der Waals surface area contributed by atoms with Gasteiger partial charge in [-0.2, -0.15) is 0 Å². The number of rotatable bonds is 6. The van der Waals surface area contributed by atoms with E-state index >= 15 is 0 Å². The number of guanidine groups is 1.